The molecule has 0 aliphatic carbocycles. The summed E-state index contributed by atoms with van der Waals surface area (Å²) in [6.45, 7) is 1.71. The summed E-state index contributed by atoms with van der Waals surface area (Å²) in [5, 5.41) is 8.94. The summed E-state index contributed by atoms with van der Waals surface area (Å²) in [4.78, 5) is 14.2. The Bertz CT molecular complexity index is 464. The van der Waals surface area contributed by atoms with Gasteiger partial charge in [0.05, 0.1) is 11.6 Å². The molecule has 0 radical (unpaired) electrons. The van der Waals surface area contributed by atoms with Gasteiger partial charge in [-0.25, -0.2) is 0 Å². The van der Waals surface area contributed by atoms with Crippen molar-refractivity contribution in [2.75, 3.05) is 26.8 Å². The Morgan fingerprint density at radius 1 is 1.58 bits per heavy atom. The van der Waals surface area contributed by atoms with E-state index in [2.05, 4.69) is 15.9 Å². The summed E-state index contributed by atoms with van der Waals surface area (Å²) >= 11 is 3.39. The zero-order valence-corrected chi connectivity index (χ0v) is 12.5. The lowest BCUT2D eigenvalue weighted by molar-refractivity contribution is 0.0784. The van der Waals surface area contributed by atoms with E-state index in [0.717, 1.165) is 36.2 Å². The van der Waals surface area contributed by atoms with Gasteiger partial charge in [0.1, 0.15) is 5.75 Å². The van der Waals surface area contributed by atoms with E-state index in [-0.39, 0.29) is 12.5 Å². The number of benzene rings is 1. The van der Waals surface area contributed by atoms with Crippen LogP contribution in [0.2, 0.25) is 0 Å². The number of ether oxygens (including phenoxy) is 1. The molecule has 1 fully saturated rings. The highest BCUT2D eigenvalue weighted by Gasteiger charge is 2.26. The van der Waals surface area contributed by atoms with Gasteiger partial charge in [0.15, 0.2) is 0 Å². The third-order valence-corrected chi connectivity index (χ3v) is 4.13. The first-order valence-electron chi connectivity index (χ1n) is 6.39. The van der Waals surface area contributed by atoms with E-state index in [1.807, 2.05) is 4.90 Å². The van der Waals surface area contributed by atoms with Crippen molar-refractivity contribution in [3.05, 3.63) is 28.2 Å². The smallest absolute Gasteiger partial charge is 0.253 e. The van der Waals surface area contributed by atoms with Crippen molar-refractivity contribution in [3.63, 3.8) is 0 Å². The third-order valence-electron chi connectivity index (χ3n) is 3.51. The molecule has 1 aliphatic heterocycles. The fourth-order valence-corrected chi connectivity index (χ4v) is 2.96. The van der Waals surface area contributed by atoms with Gasteiger partial charge in [-0.1, -0.05) is 0 Å². The average molecular weight is 328 g/mol. The number of nitrogens with zero attached hydrogens (tertiary/aromatic N) is 1. The van der Waals surface area contributed by atoms with Gasteiger partial charge in [0, 0.05) is 25.3 Å². The highest BCUT2D eigenvalue weighted by Crippen LogP contribution is 2.27. The zero-order chi connectivity index (χ0) is 13.8. The number of hydrogen-bond acceptors (Lipinski definition) is 3. The molecule has 5 heteroatoms. The Balaban J connectivity index is 2.06. The molecule has 0 saturated carbocycles. The fourth-order valence-electron chi connectivity index (χ4n) is 2.42. The number of amides is 1. The van der Waals surface area contributed by atoms with Crippen LogP contribution < -0.4 is 4.74 Å². The normalized spacial score (nSPS) is 18.7. The van der Waals surface area contributed by atoms with E-state index in [1.165, 1.54) is 0 Å². The van der Waals surface area contributed by atoms with E-state index in [0.29, 0.717) is 11.5 Å². The number of carbonyl (C=O) groups excluding carboxylic acids is 1. The summed E-state index contributed by atoms with van der Waals surface area (Å²) in [5.41, 5.74) is 0.664. The van der Waals surface area contributed by atoms with Crippen LogP contribution in [0, 0.1) is 5.92 Å². The van der Waals surface area contributed by atoms with Crippen molar-refractivity contribution in [1.29, 1.82) is 0 Å². The van der Waals surface area contributed by atoms with Crippen molar-refractivity contribution >= 4 is 21.8 Å². The average Bonchev–Trinajstić information content (AvgIpc) is 2.87. The second-order valence-corrected chi connectivity index (χ2v) is 5.62. The van der Waals surface area contributed by atoms with Crippen LogP contribution in [-0.2, 0) is 0 Å². The van der Waals surface area contributed by atoms with Gasteiger partial charge in [-0.15, -0.1) is 0 Å². The van der Waals surface area contributed by atoms with Crippen LogP contribution in [0.1, 0.15) is 23.2 Å². The number of hydrogen-bond donors (Lipinski definition) is 1. The first-order chi connectivity index (χ1) is 9.15. The predicted octanol–water partition coefficient (Wildman–Crippen LogP) is 2.30. The molecule has 1 aromatic rings. The number of methoxy groups -OCH3 is 1. The van der Waals surface area contributed by atoms with Crippen molar-refractivity contribution in [2.24, 2.45) is 5.92 Å². The van der Waals surface area contributed by atoms with Gasteiger partial charge in [-0.3, -0.25) is 4.79 Å². The fraction of sp³-hybridized carbons (Fsp3) is 0.500. The molecule has 1 aliphatic rings. The van der Waals surface area contributed by atoms with Crippen LogP contribution in [0.25, 0.3) is 0 Å². The van der Waals surface area contributed by atoms with Crippen molar-refractivity contribution in [1.82, 2.24) is 4.90 Å². The standard InChI is InChI=1S/C14H18BrNO3/c1-19-13-3-2-11(8-12(13)15)14(18)16-6-4-10(9-16)5-7-17/h2-3,8,10,17H,4-7,9H2,1H3. The van der Waals surface area contributed by atoms with Gasteiger partial charge in [0.2, 0.25) is 0 Å². The van der Waals surface area contributed by atoms with E-state index in [1.54, 1.807) is 25.3 Å². The molecule has 1 atom stereocenters. The quantitative estimate of drug-likeness (QED) is 0.923. The molecule has 0 aromatic heterocycles. The minimum Gasteiger partial charge on any atom is -0.496 e. The van der Waals surface area contributed by atoms with E-state index >= 15 is 0 Å². The Hall–Kier alpha value is -1.07. The predicted molar refractivity (Wildman–Crippen MR) is 76.4 cm³/mol. The van der Waals surface area contributed by atoms with Gasteiger partial charge in [-0.05, 0) is 52.9 Å². The lowest BCUT2D eigenvalue weighted by Crippen LogP contribution is -2.28. The summed E-state index contributed by atoms with van der Waals surface area (Å²) in [7, 11) is 1.60. The number of aliphatic hydroxyl groups is 1. The van der Waals surface area contributed by atoms with Crippen LogP contribution in [-0.4, -0.2) is 42.7 Å². The molecule has 1 aromatic carbocycles. The van der Waals surface area contributed by atoms with Gasteiger partial charge >= 0.3 is 0 Å². The largest absolute Gasteiger partial charge is 0.496 e. The van der Waals surface area contributed by atoms with Crippen LogP contribution >= 0.6 is 15.9 Å². The van der Waals surface area contributed by atoms with Crippen LogP contribution in [0.4, 0.5) is 0 Å². The van der Waals surface area contributed by atoms with E-state index in [9.17, 15) is 4.79 Å². The maximum atomic E-state index is 12.4. The molecule has 1 N–H and O–H groups in total. The number of aliphatic hydroxyl groups excluding tert-OH is 1. The monoisotopic (exact) mass is 327 g/mol. The van der Waals surface area contributed by atoms with Gasteiger partial charge < -0.3 is 14.7 Å². The molecular weight excluding hydrogens is 310 g/mol. The van der Waals surface area contributed by atoms with Crippen LogP contribution in [0.3, 0.4) is 0 Å². The molecule has 0 bridgehead atoms. The van der Waals surface area contributed by atoms with Crippen molar-refractivity contribution in [3.8, 4) is 5.75 Å². The first kappa shape index (κ1) is 14.3. The highest BCUT2D eigenvalue weighted by molar-refractivity contribution is 9.10. The third kappa shape index (κ3) is 3.28. The van der Waals surface area contributed by atoms with Gasteiger partial charge in [0.25, 0.3) is 5.91 Å². The second-order valence-electron chi connectivity index (χ2n) is 4.77. The first-order valence-corrected chi connectivity index (χ1v) is 7.18. The zero-order valence-electron chi connectivity index (χ0n) is 10.9. The molecule has 104 valence electrons. The molecule has 0 spiro atoms. The molecule has 1 unspecified atom stereocenters. The Labute approximate surface area is 121 Å². The number of likely N-dealkylation sites (tertiary alicyclic amines) is 1. The van der Waals surface area contributed by atoms with Crippen LogP contribution in [0.15, 0.2) is 22.7 Å². The molecule has 4 nitrogen and oxygen atoms in total. The minimum atomic E-state index is 0.0452. The number of rotatable bonds is 4. The maximum absolute atomic E-state index is 12.4. The molecule has 19 heavy (non-hydrogen) atoms. The van der Waals surface area contributed by atoms with E-state index < -0.39 is 0 Å². The molecule has 2 rings (SSSR count). The lowest BCUT2D eigenvalue weighted by Gasteiger charge is -2.17. The topological polar surface area (TPSA) is 49.8 Å². The minimum absolute atomic E-state index is 0.0452. The summed E-state index contributed by atoms with van der Waals surface area (Å²) < 4.78 is 5.94. The van der Waals surface area contributed by atoms with Crippen molar-refractivity contribution < 1.29 is 14.6 Å². The van der Waals surface area contributed by atoms with Gasteiger partial charge in [-0.2, -0.15) is 0 Å². The van der Waals surface area contributed by atoms with Crippen LogP contribution in [0.5, 0.6) is 5.75 Å². The Morgan fingerprint density at radius 3 is 3.00 bits per heavy atom. The summed E-state index contributed by atoms with van der Waals surface area (Å²) in [5.74, 6) is 1.19. The molecule has 1 saturated heterocycles. The SMILES string of the molecule is COc1ccc(C(=O)N2CCC(CCO)C2)cc1Br. The Morgan fingerprint density at radius 2 is 2.37 bits per heavy atom. The molecule has 1 amide bonds. The highest BCUT2D eigenvalue weighted by atomic mass is 79.9. The number of carbonyl (C=O) groups is 1. The van der Waals surface area contributed by atoms with E-state index in [4.69, 9.17) is 9.84 Å². The Kier molecular flexibility index (Phi) is 4.82. The molecule has 1 heterocycles. The maximum Gasteiger partial charge on any atom is 0.253 e. The van der Waals surface area contributed by atoms with Crippen molar-refractivity contribution in [2.45, 2.75) is 12.8 Å². The summed E-state index contributed by atoms with van der Waals surface area (Å²) in [6.07, 6.45) is 1.75. The molecular formula is C14H18BrNO3. The number of halogens is 1. The summed E-state index contributed by atoms with van der Waals surface area (Å²) in [6, 6.07) is 5.37. The lowest BCUT2D eigenvalue weighted by atomic mass is 10.1. The second kappa shape index (κ2) is 6.39.